The molecule has 1 saturated heterocycles. The lowest BCUT2D eigenvalue weighted by atomic mass is 9.94. The first kappa shape index (κ1) is 16.2. The van der Waals surface area contributed by atoms with E-state index < -0.39 is 19.8 Å². The average Bonchev–Trinajstić information content (AvgIpc) is 2.46. The molecule has 1 amide bonds. The van der Waals surface area contributed by atoms with Crippen LogP contribution in [0, 0.1) is 11.7 Å². The van der Waals surface area contributed by atoms with E-state index in [-0.39, 0.29) is 11.5 Å². The first-order valence-electron chi connectivity index (χ1n) is 6.86. The highest BCUT2D eigenvalue weighted by atomic mass is 35.7. The quantitative estimate of drug-likeness (QED) is 0.799. The molecule has 1 aliphatic heterocycles. The minimum Gasteiger partial charge on any atom is -0.339 e. The van der Waals surface area contributed by atoms with Crippen molar-refractivity contribution in [3.63, 3.8) is 0 Å². The third-order valence-corrected chi connectivity index (χ3v) is 5.26. The Kier molecular flexibility index (Phi) is 4.88. The van der Waals surface area contributed by atoms with Crippen molar-refractivity contribution >= 4 is 25.6 Å². The maximum Gasteiger partial charge on any atom is 0.264 e. The molecule has 1 aromatic rings. The van der Waals surface area contributed by atoms with Gasteiger partial charge >= 0.3 is 0 Å². The van der Waals surface area contributed by atoms with Gasteiger partial charge in [-0.05, 0) is 37.0 Å². The first-order chi connectivity index (χ1) is 9.82. The molecule has 1 aromatic carbocycles. The van der Waals surface area contributed by atoms with Gasteiger partial charge in [-0.25, -0.2) is 12.8 Å². The predicted molar refractivity (Wildman–Crippen MR) is 78.4 cm³/mol. The van der Waals surface area contributed by atoms with Gasteiger partial charge in [0.25, 0.3) is 15.0 Å². The molecule has 0 N–H and O–H groups in total. The number of hydrogen-bond acceptors (Lipinski definition) is 3. The lowest BCUT2D eigenvalue weighted by molar-refractivity contribution is 0.0688. The zero-order valence-corrected chi connectivity index (χ0v) is 13.3. The fourth-order valence-electron chi connectivity index (χ4n) is 2.55. The van der Waals surface area contributed by atoms with Gasteiger partial charge in [-0.2, -0.15) is 0 Å². The van der Waals surface area contributed by atoms with E-state index in [1.807, 2.05) is 0 Å². The van der Waals surface area contributed by atoms with Gasteiger partial charge in [-0.3, -0.25) is 4.79 Å². The Morgan fingerprint density at radius 1 is 1.38 bits per heavy atom. The summed E-state index contributed by atoms with van der Waals surface area (Å²) in [6.07, 6.45) is 2.96. The van der Waals surface area contributed by atoms with Crippen molar-refractivity contribution < 1.29 is 17.6 Å². The van der Waals surface area contributed by atoms with Crippen LogP contribution in [-0.4, -0.2) is 32.3 Å². The molecule has 1 heterocycles. The summed E-state index contributed by atoms with van der Waals surface area (Å²) in [7, 11) is 0.965. The molecule has 116 valence electrons. The fraction of sp³-hybridized carbons (Fsp3) is 0.500. The molecule has 0 spiro atoms. The Bertz CT molecular complexity index is 640. The first-order valence-corrected chi connectivity index (χ1v) is 9.17. The van der Waals surface area contributed by atoms with E-state index in [1.165, 1.54) is 6.07 Å². The Balaban J connectivity index is 2.21. The van der Waals surface area contributed by atoms with Crippen molar-refractivity contribution in [1.29, 1.82) is 0 Å². The molecule has 7 heteroatoms. The van der Waals surface area contributed by atoms with Crippen LogP contribution >= 0.6 is 10.7 Å². The third-order valence-electron chi connectivity index (χ3n) is 3.92. The normalized spacial score (nSPS) is 17.0. The lowest BCUT2D eigenvalue weighted by Gasteiger charge is -2.31. The largest absolute Gasteiger partial charge is 0.339 e. The molecule has 1 fully saturated rings. The van der Waals surface area contributed by atoms with Gasteiger partial charge in [-0.1, -0.05) is 13.3 Å². The van der Waals surface area contributed by atoms with E-state index in [0.29, 0.717) is 19.0 Å². The molecule has 2 rings (SSSR count). The van der Waals surface area contributed by atoms with E-state index in [2.05, 4.69) is 6.92 Å². The molecule has 0 aliphatic carbocycles. The van der Waals surface area contributed by atoms with Crippen LogP contribution < -0.4 is 0 Å². The number of carbonyl (C=O) groups is 1. The lowest BCUT2D eigenvalue weighted by Crippen LogP contribution is -2.38. The van der Waals surface area contributed by atoms with E-state index in [0.717, 1.165) is 31.4 Å². The number of carbonyl (C=O) groups excluding carboxylic acids is 1. The smallest absolute Gasteiger partial charge is 0.264 e. The molecule has 21 heavy (non-hydrogen) atoms. The summed E-state index contributed by atoms with van der Waals surface area (Å²) in [4.78, 5) is 13.4. The summed E-state index contributed by atoms with van der Waals surface area (Å²) >= 11 is 0. The summed E-state index contributed by atoms with van der Waals surface area (Å²) in [5.41, 5.74) is 0.144. The molecular weight excluding hydrogens is 317 g/mol. The molecule has 0 unspecified atom stereocenters. The zero-order valence-electron chi connectivity index (χ0n) is 11.7. The van der Waals surface area contributed by atoms with Crippen LogP contribution in [0.5, 0.6) is 0 Å². The highest BCUT2D eigenvalue weighted by Gasteiger charge is 2.25. The highest BCUT2D eigenvalue weighted by molar-refractivity contribution is 8.13. The fourth-order valence-corrected chi connectivity index (χ4v) is 3.47. The second kappa shape index (κ2) is 6.32. The Hall–Kier alpha value is -1.14. The number of amides is 1. The predicted octanol–water partition coefficient (Wildman–Crippen LogP) is 3.02. The number of rotatable bonds is 3. The van der Waals surface area contributed by atoms with Gasteiger partial charge < -0.3 is 4.90 Å². The van der Waals surface area contributed by atoms with Gasteiger partial charge in [0, 0.05) is 29.3 Å². The molecule has 1 aliphatic rings. The summed E-state index contributed by atoms with van der Waals surface area (Å²) in [6, 6.07) is 3.25. The molecule has 0 saturated carbocycles. The SMILES string of the molecule is CCC1CCN(C(=O)c2ccc(F)c(S(=O)(=O)Cl)c2)CC1. The van der Waals surface area contributed by atoms with Crippen molar-refractivity contribution in [2.45, 2.75) is 31.1 Å². The number of benzene rings is 1. The molecule has 0 bridgehead atoms. The van der Waals surface area contributed by atoms with E-state index in [1.54, 1.807) is 4.90 Å². The molecule has 0 aromatic heterocycles. The standard InChI is InChI=1S/C14H17ClFNO3S/c1-2-10-5-7-17(8-6-10)14(18)11-3-4-12(16)13(9-11)21(15,19)20/h3-4,9-10H,2,5-8H2,1H3. The second-order valence-electron chi connectivity index (χ2n) is 5.23. The second-order valence-corrected chi connectivity index (χ2v) is 7.76. The summed E-state index contributed by atoms with van der Waals surface area (Å²) in [5, 5.41) is 0. The maximum atomic E-state index is 13.5. The van der Waals surface area contributed by atoms with Crippen molar-refractivity contribution in [2.24, 2.45) is 5.92 Å². The zero-order chi connectivity index (χ0) is 15.6. The number of piperidine rings is 1. The van der Waals surface area contributed by atoms with E-state index >= 15 is 0 Å². The molecule has 4 nitrogen and oxygen atoms in total. The average molecular weight is 334 g/mol. The van der Waals surface area contributed by atoms with E-state index in [9.17, 15) is 17.6 Å². The van der Waals surface area contributed by atoms with Gasteiger partial charge in [-0.15, -0.1) is 0 Å². The van der Waals surface area contributed by atoms with Crippen molar-refractivity contribution in [1.82, 2.24) is 4.90 Å². The van der Waals surface area contributed by atoms with Crippen molar-refractivity contribution in [3.05, 3.63) is 29.6 Å². The third kappa shape index (κ3) is 3.74. The Morgan fingerprint density at radius 3 is 2.52 bits per heavy atom. The topological polar surface area (TPSA) is 54.5 Å². The summed E-state index contributed by atoms with van der Waals surface area (Å²) in [6.45, 7) is 3.40. The van der Waals surface area contributed by atoms with E-state index in [4.69, 9.17) is 10.7 Å². The molecule has 0 atom stereocenters. The summed E-state index contributed by atoms with van der Waals surface area (Å²) in [5.74, 6) is -0.613. The number of likely N-dealkylation sites (tertiary alicyclic amines) is 1. The van der Waals surface area contributed by atoms with Crippen LogP contribution in [0.25, 0.3) is 0 Å². The van der Waals surface area contributed by atoms with Gasteiger partial charge in [0.2, 0.25) is 0 Å². The highest BCUT2D eigenvalue weighted by Crippen LogP contribution is 2.24. The number of hydrogen-bond donors (Lipinski definition) is 0. The van der Waals surface area contributed by atoms with Gasteiger partial charge in [0.15, 0.2) is 0 Å². The molecule has 0 radical (unpaired) electrons. The van der Waals surface area contributed by atoms with Crippen LogP contribution in [0.2, 0.25) is 0 Å². The summed E-state index contributed by atoms with van der Waals surface area (Å²) < 4.78 is 36.1. The van der Waals surface area contributed by atoms with Crippen LogP contribution in [-0.2, 0) is 9.05 Å². The van der Waals surface area contributed by atoms with Gasteiger partial charge in [0.05, 0.1) is 0 Å². The Labute approximate surface area is 128 Å². The van der Waals surface area contributed by atoms with Crippen LogP contribution in [0.3, 0.4) is 0 Å². The number of halogens is 2. The van der Waals surface area contributed by atoms with Crippen LogP contribution in [0.15, 0.2) is 23.1 Å². The minimum absolute atomic E-state index is 0.144. The minimum atomic E-state index is -4.21. The maximum absolute atomic E-state index is 13.5. The Morgan fingerprint density at radius 2 is 2.00 bits per heavy atom. The van der Waals surface area contributed by atoms with Crippen LogP contribution in [0.4, 0.5) is 4.39 Å². The monoisotopic (exact) mass is 333 g/mol. The van der Waals surface area contributed by atoms with Crippen molar-refractivity contribution in [2.75, 3.05) is 13.1 Å². The molecular formula is C14H17ClFNO3S. The number of nitrogens with zero attached hydrogens (tertiary/aromatic N) is 1. The van der Waals surface area contributed by atoms with Gasteiger partial charge in [0.1, 0.15) is 10.7 Å². The van der Waals surface area contributed by atoms with Crippen molar-refractivity contribution in [3.8, 4) is 0 Å². The van der Waals surface area contributed by atoms with Crippen LogP contribution in [0.1, 0.15) is 36.5 Å².